The Balaban J connectivity index is 0.000000171. The number of fused-ring (bicyclic) bond motifs is 2. The Morgan fingerprint density at radius 2 is 1.30 bits per heavy atom. The standard InChI is InChI=1S/C17H16N2O2S.C16H16BrNO2S/c1-2-21-16(20)17(7-3-8-17)22-15-6-9-19-14-5-4-12(11-18)10-13(14)15;1-2-20-15(19)16(7-3-8-16)21-14-6-9-18-13-5-4-11(17)10-12(13)14/h4-6,9-10H,2-3,7-8H2,1H3;4-6,9-10H,2-3,7-8H2,1H3. The third-order valence-electron chi connectivity index (χ3n) is 7.72. The number of aromatic nitrogens is 2. The van der Waals surface area contributed by atoms with E-state index in [-0.39, 0.29) is 11.9 Å². The summed E-state index contributed by atoms with van der Waals surface area (Å²) < 4.78 is 10.7. The van der Waals surface area contributed by atoms with Crippen molar-refractivity contribution in [3.8, 4) is 6.07 Å². The van der Waals surface area contributed by atoms with Crippen LogP contribution in [-0.2, 0) is 19.1 Å². The molecule has 4 aromatic rings. The molecule has 2 aromatic heterocycles. The first-order valence-electron chi connectivity index (χ1n) is 14.4. The van der Waals surface area contributed by atoms with Gasteiger partial charge in [-0.2, -0.15) is 5.26 Å². The summed E-state index contributed by atoms with van der Waals surface area (Å²) >= 11 is 6.68. The van der Waals surface area contributed by atoms with E-state index in [4.69, 9.17) is 14.7 Å². The number of carbonyl (C=O) groups is 2. The summed E-state index contributed by atoms with van der Waals surface area (Å²) in [5, 5.41) is 11.1. The second-order valence-electron chi connectivity index (χ2n) is 10.5. The van der Waals surface area contributed by atoms with Gasteiger partial charge in [-0.1, -0.05) is 15.9 Å². The minimum atomic E-state index is -0.479. The van der Waals surface area contributed by atoms with Gasteiger partial charge in [0.1, 0.15) is 9.49 Å². The molecule has 0 amide bonds. The molecule has 0 saturated heterocycles. The first-order valence-corrected chi connectivity index (χ1v) is 16.8. The molecule has 2 aliphatic rings. The quantitative estimate of drug-likeness (QED) is 0.171. The molecular weight excluding hydrogens is 646 g/mol. The van der Waals surface area contributed by atoms with Crippen molar-refractivity contribution in [2.45, 2.75) is 71.7 Å². The molecule has 43 heavy (non-hydrogen) atoms. The number of esters is 2. The Bertz CT molecular complexity index is 1700. The maximum Gasteiger partial charge on any atom is 0.322 e. The van der Waals surface area contributed by atoms with Crippen LogP contribution in [-0.4, -0.2) is 44.6 Å². The van der Waals surface area contributed by atoms with Crippen LogP contribution in [0.15, 0.2) is 75.2 Å². The van der Waals surface area contributed by atoms with Gasteiger partial charge in [0.05, 0.1) is 35.9 Å². The number of hydrogen-bond donors (Lipinski definition) is 0. The molecule has 7 nitrogen and oxygen atoms in total. The fourth-order valence-corrected chi connectivity index (χ4v) is 8.38. The van der Waals surface area contributed by atoms with Crippen LogP contribution in [0.2, 0.25) is 0 Å². The first-order chi connectivity index (χ1) is 20.8. The van der Waals surface area contributed by atoms with Crippen LogP contribution >= 0.6 is 39.5 Å². The highest BCUT2D eigenvalue weighted by Crippen LogP contribution is 2.51. The second-order valence-corrected chi connectivity index (χ2v) is 14.2. The summed E-state index contributed by atoms with van der Waals surface area (Å²) in [7, 11) is 0. The number of benzene rings is 2. The average Bonchev–Trinajstić information content (AvgIpc) is 2.97. The molecule has 222 valence electrons. The normalized spacial score (nSPS) is 16.1. The lowest BCUT2D eigenvalue weighted by molar-refractivity contribution is -0.149. The van der Waals surface area contributed by atoms with E-state index in [2.05, 4.69) is 38.0 Å². The molecule has 0 unspecified atom stereocenters. The molecule has 0 N–H and O–H groups in total. The van der Waals surface area contributed by atoms with Crippen LogP contribution in [0.1, 0.15) is 57.9 Å². The molecule has 0 radical (unpaired) electrons. The number of nitriles is 1. The van der Waals surface area contributed by atoms with Crippen LogP contribution in [0.5, 0.6) is 0 Å². The predicted octanol–water partition coefficient (Wildman–Crippen LogP) is 8.26. The van der Waals surface area contributed by atoms with E-state index < -0.39 is 9.49 Å². The van der Waals surface area contributed by atoms with E-state index in [1.807, 2.05) is 50.2 Å². The van der Waals surface area contributed by atoms with E-state index in [0.29, 0.717) is 18.8 Å². The molecule has 0 aliphatic heterocycles. The van der Waals surface area contributed by atoms with Gasteiger partial charge in [-0.25, -0.2) is 0 Å². The van der Waals surface area contributed by atoms with E-state index in [0.717, 1.165) is 74.6 Å². The molecule has 2 saturated carbocycles. The minimum absolute atomic E-state index is 0.0822. The Labute approximate surface area is 268 Å². The zero-order valence-electron chi connectivity index (χ0n) is 24.1. The molecule has 2 aromatic carbocycles. The molecule has 0 spiro atoms. The molecule has 2 fully saturated rings. The van der Waals surface area contributed by atoms with E-state index in [9.17, 15) is 9.59 Å². The van der Waals surface area contributed by atoms with Gasteiger partial charge in [0.2, 0.25) is 0 Å². The lowest BCUT2D eigenvalue weighted by Crippen LogP contribution is -2.43. The van der Waals surface area contributed by atoms with Crippen LogP contribution in [0.25, 0.3) is 21.8 Å². The Morgan fingerprint density at radius 3 is 1.74 bits per heavy atom. The summed E-state index contributed by atoms with van der Waals surface area (Å²) in [5.74, 6) is -0.214. The summed E-state index contributed by atoms with van der Waals surface area (Å²) in [4.78, 5) is 35.4. The monoisotopic (exact) mass is 677 g/mol. The molecule has 2 aliphatic carbocycles. The number of hydrogen-bond acceptors (Lipinski definition) is 9. The van der Waals surface area contributed by atoms with Crippen molar-refractivity contribution in [3.05, 3.63) is 71.0 Å². The van der Waals surface area contributed by atoms with Crippen molar-refractivity contribution in [2.75, 3.05) is 13.2 Å². The Kier molecular flexibility index (Phi) is 9.95. The molecule has 0 atom stereocenters. The van der Waals surface area contributed by atoms with Crippen molar-refractivity contribution >= 4 is 73.2 Å². The number of pyridine rings is 2. The van der Waals surface area contributed by atoms with Gasteiger partial charge in [0.25, 0.3) is 0 Å². The highest BCUT2D eigenvalue weighted by molar-refractivity contribution is 9.10. The van der Waals surface area contributed by atoms with Gasteiger partial charge in [0.15, 0.2) is 0 Å². The Morgan fingerprint density at radius 1 is 0.814 bits per heavy atom. The SMILES string of the molecule is CCOC(=O)C1(Sc2ccnc3ccc(Br)cc23)CCC1.CCOC(=O)C1(Sc2ccnc3ccc(C#N)cc23)CCC1. The van der Waals surface area contributed by atoms with Crippen LogP contribution < -0.4 is 0 Å². The van der Waals surface area contributed by atoms with Crippen LogP contribution in [0.3, 0.4) is 0 Å². The van der Waals surface area contributed by atoms with Crippen molar-refractivity contribution in [3.63, 3.8) is 0 Å². The summed E-state index contributed by atoms with van der Waals surface area (Å²) in [6.07, 6.45) is 9.10. The van der Waals surface area contributed by atoms with Crippen molar-refractivity contribution in [2.24, 2.45) is 0 Å². The van der Waals surface area contributed by atoms with E-state index in [1.165, 1.54) is 0 Å². The number of nitrogens with zero attached hydrogens (tertiary/aromatic N) is 3. The summed E-state index contributed by atoms with van der Waals surface area (Å²) in [5.41, 5.74) is 2.38. The average molecular weight is 679 g/mol. The zero-order chi connectivity index (χ0) is 30.5. The minimum Gasteiger partial charge on any atom is -0.465 e. The molecular formula is C33H32BrN3O4S2. The van der Waals surface area contributed by atoms with Gasteiger partial charge < -0.3 is 9.47 Å². The summed E-state index contributed by atoms with van der Waals surface area (Å²) in [6, 6.07) is 17.5. The van der Waals surface area contributed by atoms with Gasteiger partial charge in [0, 0.05) is 37.4 Å². The lowest BCUT2D eigenvalue weighted by Gasteiger charge is -2.38. The second kappa shape index (κ2) is 13.7. The van der Waals surface area contributed by atoms with E-state index in [1.54, 1.807) is 42.0 Å². The topological polar surface area (TPSA) is 102 Å². The van der Waals surface area contributed by atoms with Crippen LogP contribution in [0.4, 0.5) is 0 Å². The number of rotatable bonds is 8. The Hall–Kier alpha value is -3.13. The van der Waals surface area contributed by atoms with Crippen molar-refractivity contribution < 1.29 is 19.1 Å². The molecule has 2 heterocycles. The van der Waals surface area contributed by atoms with Gasteiger partial charge >= 0.3 is 11.9 Å². The third-order valence-corrected chi connectivity index (χ3v) is 11.3. The van der Waals surface area contributed by atoms with Gasteiger partial charge in [-0.15, -0.1) is 23.5 Å². The predicted molar refractivity (Wildman–Crippen MR) is 174 cm³/mol. The fourth-order valence-electron chi connectivity index (χ4n) is 5.10. The van der Waals surface area contributed by atoms with Gasteiger partial charge in [-0.3, -0.25) is 19.6 Å². The number of thioether (sulfide) groups is 2. The van der Waals surface area contributed by atoms with Gasteiger partial charge in [-0.05, 0) is 101 Å². The number of halogens is 1. The maximum absolute atomic E-state index is 12.3. The van der Waals surface area contributed by atoms with E-state index >= 15 is 0 Å². The summed E-state index contributed by atoms with van der Waals surface area (Å²) in [6.45, 7) is 4.52. The molecule has 10 heteroatoms. The van der Waals surface area contributed by atoms with Crippen molar-refractivity contribution in [1.82, 2.24) is 9.97 Å². The van der Waals surface area contributed by atoms with Crippen molar-refractivity contribution in [1.29, 1.82) is 5.26 Å². The third kappa shape index (κ3) is 6.69. The highest BCUT2D eigenvalue weighted by atomic mass is 79.9. The first kappa shape index (κ1) is 31.3. The fraction of sp³-hybridized carbons (Fsp3) is 0.364. The highest BCUT2D eigenvalue weighted by Gasteiger charge is 2.47. The molecule has 6 rings (SSSR count). The lowest BCUT2D eigenvalue weighted by atomic mass is 9.84. The van der Waals surface area contributed by atoms with Crippen LogP contribution in [0, 0.1) is 11.3 Å². The maximum atomic E-state index is 12.3. The largest absolute Gasteiger partial charge is 0.465 e. The zero-order valence-corrected chi connectivity index (χ0v) is 27.3. The number of carbonyl (C=O) groups excluding carboxylic acids is 2. The smallest absolute Gasteiger partial charge is 0.322 e. The number of ether oxygens (including phenoxy) is 2. The molecule has 0 bridgehead atoms.